The zero-order chi connectivity index (χ0) is 11.7. The van der Waals surface area contributed by atoms with Gasteiger partial charge in [0, 0.05) is 0 Å². The SMILES string of the molecule is CCOC(=O)C1(C)CCC(C)(C#N)C1=O. The Balaban J connectivity index is 2.96. The van der Waals surface area contributed by atoms with Crippen LogP contribution in [0.15, 0.2) is 0 Å². The first kappa shape index (κ1) is 11.7. The summed E-state index contributed by atoms with van der Waals surface area (Å²) in [5.74, 6) is -0.815. The fourth-order valence-corrected chi connectivity index (χ4v) is 1.93. The first-order valence-corrected chi connectivity index (χ1v) is 5.04. The molecule has 1 saturated carbocycles. The van der Waals surface area contributed by atoms with Crippen LogP contribution in [0, 0.1) is 22.2 Å². The highest BCUT2D eigenvalue weighted by molar-refractivity contribution is 6.08. The van der Waals surface area contributed by atoms with Crippen LogP contribution in [0.2, 0.25) is 0 Å². The molecule has 4 nitrogen and oxygen atoms in total. The number of esters is 1. The van der Waals surface area contributed by atoms with Crippen molar-refractivity contribution in [2.75, 3.05) is 6.61 Å². The summed E-state index contributed by atoms with van der Waals surface area (Å²) in [6.07, 6.45) is 0.826. The number of rotatable bonds is 2. The Bertz CT molecular complexity index is 344. The van der Waals surface area contributed by atoms with Gasteiger partial charge in [0.1, 0.15) is 10.8 Å². The molecule has 0 radical (unpaired) electrons. The summed E-state index contributed by atoms with van der Waals surface area (Å²) in [6, 6.07) is 1.98. The van der Waals surface area contributed by atoms with E-state index in [9.17, 15) is 9.59 Å². The van der Waals surface area contributed by atoms with Crippen LogP contribution in [-0.2, 0) is 14.3 Å². The van der Waals surface area contributed by atoms with E-state index in [1.54, 1.807) is 20.8 Å². The Kier molecular flexibility index (Phi) is 2.85. The maximum atomic E-state index is 12.0. The maximum absolute atomic E-state index is 12.0. The number of nitrogens with zero attached hydrogens (tertiary/aromatic N) is 1. The second-order valence-corrected chi connectivity index (χ2v) is 4.33. The van der Waals surface area contributed by atoms with Crippen molar-refractivity contribution in [3.8, 4) is 6.07 Å². The Hall–Kier alpha value is -1.37. The number of carbonyl (C=O) groups excluding carboxylic acids is 2. The van der Waals surface area contributed by atoms with Crippen LogP contribution in [0.3, 0.4) is 0 Å². The van der Waals surface area contributed by atoms with Crippen molar-refractivity contribution in [1.82, 2.24) is 0 Å². The van der Waals surface area contributed by atoms with Crippen LogP contribution in [0.5, 0.6) is 0 Å². The topological polar surface area (TPSA) is 67.2 Å². The smallest absolute Gasteiger partial charge is 0.319 e. The minimum absolute atomic E-state index is 0.255. The van der Waals surface area contributed by atoms with E-state index in [0.29, 0.717) is 12.8 Å². The predicted octanol–water partition coefficient (Wildman–Crippen LogP) is 1.45. The van der Waals surface area contributed by atoms with Gasteiger partial charge in [-0.2, -0.15) is 5.26 Å². The fraction of sp³-hybridized carbons (Fsp3) is 0.727. The van der Waals surface area contributed by atoms with Crippen molar-refractivity contribution in [2.45, 2.75) is 33.6 Å². The molecule has 1 rings (SSSR count). The number of Topliss-reactive ketones (excluding diaryl/α,β-unsaturated/α-hetero) is 1. The van der Waals surface area contributed by atoms with E-state index in [1.165, 1.54) is 0 Å². The number of nitriles is 1. The summed E-state index contributed by atoms with van der Waals surface area (Å²) >= 11 is 0. The third-order valence-electron chi connectivity index (χ3n) is 3.10. The van der Waals surface area contributed by atoms with Gasteiger partial charge in [-0.25, -0.2) is 0 Å². The standard InChI is InChI=1S/C11H15NO3/c1-4-15-9(14)11(3)6-5-10(2,7-12)8(11)13/h4-6H2,1-3H3. The summed E-state index contributed by atoms with van der Waals surface area (Å²) in [5.41, 5.74) is -2.15. The molecule has 4 heteroatoms. The van der Waals surface area contributed by atoms with E-state index < -0.39 is 16.8 Å². The molecule has 0 amide bonds. The van der Waals surface area contributed by atoms with Gasteiger partial charge in [-0.15, -0.1) is 0 Å². The van der Waals surface area contributed by atoms with Crippen molar-refractivity contribution in [2.24, 2.45) is 10.8 Å². The molecule has 0 spiro atoms. The molecule has 0 heterocycles. The normalized spacial score (nSPS) is 34.9. The van der Waals surface area contributed by atoms with Gasteiger partial charge in [-0.05, 0) is 33.6 Å². The fourth-order valence-electron chi connectivity index (χ4n) is 1.93. The molecule has 1 aliphatic rings. The van der Waals surface area contributed by atoms with E-state index in [0.717, 1.165) is 0 Å². The average Bonchev–Trinajstić information content (AvgIpc) is 2.46. The van der Waals surface area contributed by atoms with E-state index in [2.05, 4.69) is 0 Å². The number of carbonyl (C=O) groups is 2. The molecule has 2 unspecified atom stereocenters. The third-order valence-corrected chi connectivity index (χ3v) is 3.10. The highest BCUT2D eigenvalue weighted by atomic mass is 16.5. The molecule has 0 saturated heterocycles. The van der Waals surface area contributed by atoms with Gasteiger partial charge in [0.05, 0.1) is 12.7 Å². The van der Waals surface area contributed by atoms with Gasteiger partial charge in [0.25, 0.3) is 0 Å². The number of ketones is 1. The molecule has 1 aliphatic carbocycles. The number of ether oxygens (including phenoxy) is 1. The van der Waals surface area contributed by atoms with Crippen LogP contribution in [0.25, 0.3) is 0 Å². The molecule has 0 aromatic heterocycles. The van der Waals surface area contributed by atoms with Crippen LogP contribution >= 0.6 is 0 Å². The first-order chi connectivity index (χ1) is 6.90. The van der Waals surface area contributed by atoms with Crippen LogP contribution < -0.4 is 0 Å². The first-order valence-electron chi connectivity index (χ1n) is 5.04. The van der Waals surface area contributed by atoms with E-state index >= 15 is 0 Å². The Morgan fingerprint density at radius 1 is 1.53 bits per heavy atom. The maximum Gasteiger partial charge on any atom is 0.319 e. The monoisotopic (exact) mass is 209 g/mol. The molecular formula is C11H15NO3. The van der Waals surface area contributed by atoms with Crippen molar-refractivity contribution >= 4 is 11.8 Å². The van der Waals surface area contributed by atoms with Crippen LogP contribution in [-0.4, -0.2) is 18.4 Å². The van der Waals surface area contributed by atoms with E-state index in [1.807, 2.05) is 6.07 Å². The van der Waals surface area contributed by atoms with Crippen molar-refractivity contribution in [3.05, 3.63) is 0 Å². The Morgan fingerprint density at radius 3 is 2.53 bits per heavy atom. The van der Waals surface area contributed by atoms with E-state index in [-0.39, 0.29) is 12.4 Å². The third kappa shape index (κ3) is 1.63. The summed E-state index contributed by atoms with van der Waals surface area (Å²) in [7, 11) is 0. The van der Waals surface area contributed by atoms with Gasteiger partial charge in [-0.3, -0.25) is 9.59 Å². The zero-order valence-corrected chi connectivity index (χ0v) is 9.29. The van der Waals surface area contributed by atoms with Gasteiger partial charge < -0.3 is 4.74 Å². The van der Waals surface area contributed by atoms with Gasteiger partial charge in [0.15, 0.2) is 5.78 Å². The summed E-state index contributed by atoms with van der Waals surface area (Å²) < 4.78 is 4.87. The van der Waals surface area contributed by atoms with Crippen molar-refractivity contribution < 1.29 is 14.3 Å². The summed E-state index contributed by atoms with van der Waals surface area (Å²) in [4.78, 5) is 23.6. The van der Waals surface area contributed by atoms with E-state index in [4.69, 9.17) is 10.00 Å². The average molecular weight is 209 g/mol. The molecule has 0 aromatic carbocycles. The minimum Gasteiger partial charge on any atom is -0.465 e. The highest BCUT2D eigenvalue weighted by Gasteiger charge is 2.56. The van der Waals surface area contributed by atoms with Gasteiger partial charge in [-0.1, -0.05) is 0 Å². The second-order valence-electron chi connectivity index (χ2n) is 4.33. The lowest BCUT2D eigenvalue weighted by molar-refractivity contribution is -0.158. The molecule has 0 aliphatic heterocycles. The predicted molar refractivity (Wildman–Crippen MR) is 52.7 cm³/mol. The molecule has 0 aromatic rings. The largest absolute Gasteiger partial charge is 0.465 e. The van der Waals surface area contributed by atoms with Crippen molar-refractivity contribution in [3.63, 3.8) is 0 Å². The molecule has 82 valence electrons. The van der Waals surface area contributed by atoms with Crippen LogP contribution in [0.4, 0.5) is 0 Å². The lowest BCUT2D eigenvalue weighted by atomic mass is 9.81. The molecular weight excluding hydrogens is 194 g/mol. The zero-order valence-electron chi connectivity index (χ0n) is 9.29. The number of hydrogen-bond donors (Lipinski definition) is 0. The quantitative estimate of drug-likeness (QED) is 0.510. The number of hydrogen-bond acceptors (Lipinski definition) is 4. The van der Waals surface area contributed by atoms with Gasteiger partial charge in [0.2, 0.25) is 0 Å². The van der Waals surface area contributed by atoms with Gasteiger partial charge >= 0.3 is 5.97 Å². The molecule has 1 fully saturated rings. The highest BCUT2D eigenvalue weighted by Crippen LogP contribution is 2.46. The molecule has 0 bridgehead atoms. The van der Waals surface area contributed by atoms with Crippen LogP contribution in [0.1, 0.15) is 33.6 Å². The molecule has 15 heavy (non-hydrogen) atoms. The Labute approximate surface area is 89.2 Å². The second kappa shape index (κ2) is 3.65. The minimum atomic E-state index is -1.12. The summed E-state index contributed by atoms with van der Waals surface area (Å²) in [5, 5.41) is 8.92. The Morgan fingerprint density at radius 2 is 2.13 bits per heavy atom. The lowest BCUT2D eigenvalue weighted by Crippen LogP contribution is -2.38. The molecule has 2 atom stereocenters. The van der Waals surface area contributed by atoms with Crippen molar-refractivity contribution in [1.29, 1.82) is 5.26 Å². The molecule has 0 N–H and O–H groups in total. The summed E-state index contributed by atoms with van der Waals surface area (Å²) in [6.45, 7) is 5.10. The lowest BCUT2D eigenvalue weighted by Gasteiger charge is -2.21.